The van der Waals surface area contributed by atoms with Crippen LogP contribution in [0, 0.1) is 0 Å². The van der Waals surface area contributed by atoms with Crippen molar-refractivity contribution in [1.82, 2.24) is 20.0 Å². The van der Waals surface area contributed by atoms with E-state index in [1.165, 1.54) is 94.8 Å². The SMILES string of the molecule is CCCCOc1ccc(CN(CCN(CCCC)CCCC)C(=O)Nc2ccc(CCCC)cc2)cc1.CCCCOc1ccc(CNCCN(CCCC)CCCC)cc1. The predicted octanol–water partition coefficient (Wildman–Crippen LogP) is 13.0. The molecule has 0 fully saturated rings. The van der Waals surface area contributed by atoms with Crippen LogP contribution in [0.25, 0.3) is 0 Å². The molecule has 61 heavy (non-hydrogen) atoms. The number of hydrogen-bond acceptors (Lipinski definition) is 6. The monoisotopic (exact) mass is 844 g/mol. The molecule has 3 rings (SSSR count). The Labute approximate surface area is 374 Å². The van der Waals surface area contributed by atoms with Crippen LogP contribution in [0.1, 0.15) is 155 Å². The number of nitrogens with zero attached hydrogens (tertiary/aromatic N) is 3. The Morgan fingerprint density at radius 2 is 0.918 bits per heavy atom. The molecule has 0 aliphatic rings. The highest BCUT2D eigenvalue weighted by Crippen LogP contribution is 2.17. The maximum atomic E-state index is 13.4. The maximum absolute atomic E-state index is 13.4. The van der Waals surface area contributed by atoms with Crippen LogP contribution in [0.4, 0.5) is 10.5 Å². The van der Waals surface area contributed by atoms with Crippen molar-refractivity contribution in [3.05, 3.63) is 89.5 Å². The van der Waals surface area contributed by atoms with Gasteiger partial charge in [0.1, 0.15) is 11.5 Å². The van der Waals surface area contributed by atoms with Crippen LogP contribution in [-0.4, -0.2) is 86.3 Å². The van der Waals surface area contributed by atoms with Crippen LogP contribution in [0.2, 0.25) is 0 Å². The maximum Gasteiger partial charge on any atom is 0.322 e. The molecule has 344 valence electrons. The van der Waals surface area contributed by atoms with Gasteiger partial charge in [-0.15, -0.1) is 0 Å². The second-order valence-electron chi connectivity index (χ2n) is 16.6. The summed E-state index contributed by atoms with van der Waals surface area (Å²) in [6, 6.07) is 25.0. The minimum atomic E-state index is -0.0458. The zero-order valence-electron chi connectivity index (χ0n) is 40.1. The Hall–Kier alpha value is -3.59. The first-order valence-electron chi connectivity index (χ1n) is 24.6. The van der Waals surface area contributed by atoms with Crippen molar-refractivity contribution in [2.24, 2.45) is 0 Å². The Kier molecular flexibility index (Phi) is 31.6. The van der Waals surface area contributed by atoms with Gasteiger partial charge in [0, 0.05) is 45.0 Å². The van der Waals surface area contributed by atoms with Gasteiger partial charge in [-0.05, 0) is 131 Å². The standard InChI is InChI=1S/C32H51N3O2.C21H38N2O/c1-5-9-13-28-14-18-30(19-15-28)33-32(36)35(25-24-34(22-10-6-2)23-11-7-3)27-29-16-20-31(21-17-29)37-26-12-8-4;1-4-7-15-23(16-8-5-2)17-14-22-19-20-10-12-21(13-11-20)24-18-9-6-3/h14-21H,5-13,22-27H2,1-4H3,(H,33,36);10-13,22H,4-9,14-19H2,1-3H3. The number of unbranched alkanes of at least 4 members (excludes halogenated alkanes) is 7. The Morgan fingerprint density at radius 3 is 1.39 bits per heavy atom. The van der Waals surface area contributed by atoms with Crippen LogP contribution in [0.3, 0.4) is 0 Å². The molecule has 8 nitrogen and oxygen atoms in total. The van der Waals surface area contributed by atoms with Crippen LogP contribution in [0.5, 0.6) is 11.5 Å². The summed E-state index contributed by atoms with van der Waals surface area (Å²) in [6.07, 6.45) is 17.9. The number of rotatable bonds is 34. The van der Waals surface area contributed by atoms with Gasteiger partial charge in [0.15, 0.2) is 0 Å². The van der Waals surface area contributed by atoms with Crippen molar-refractivity contribution in [3.8, 4) is 11.5 Å². The smallest absolute Gasteiger partial charge is 0.322 e. The third-order valence-electron chi connectivity index (χ3n) is 11.0. The molecule has 3 aromatic carbocycles. The summed E-state index contributed by atoms with van der Waals surface area (Å²) in [5.41, 5.74) is 4.61. The number of aryl methyl sites for hydroxylation is 1. The fraction of sp³-hybridized carbons (Fsp3) is 0.642. The van der Waals surface area contributed by atoms with Gasteiger partial charge in [0.25, 0.3) is 0 Å². The van der Waals surface area contributed by atoms with Gasteiger partial charge in [-0.3, -0.25) is 0 Å². The number of benzene rings is 3. The van der Waals surface area contributed by atoms with E-state index < -0.39 is 0 Å². The number of anilines is 1. The molecule has 2 amide bonds. The third-order valence-corrected chi connectivity index (χ3v) is 11.0. The summed E-state index contributed by atoms with van der Waals surface area (Å²) in [6.45, 7) is 27.1. The zero-order valence-corrected chi connectivity index (χ0v) is 40.1. The normalized spacial score (nSPS) is 11.1. The van der Waals surface area contributed by atoms with Gasteiger partial charge in [0.2, 0.25) is 0 Å². The van der Waals surface area contributed by atoms with Crippen molar-refractivity contribution in [1.29, 1.82) is 0 Å². The van der Waals surface area contributed by atoms with E-state index in [1.807, 2.05) is 29.2 Å². The quantitative estimate of drug-likeness (QED) is 0.0584. The molecule has 0 spiro atoms. The molecule has 8 heteroatoms. The summed E-state index contributed by atoms with van der Waals surface area (Å²) in [4.78, 5) is 20.5. The van der Waals surface area contributed by atoms with Gasteiger partial charge >= 0.3 is 6.03 Å². The summed E-state index contributed by atoms with van der Waals surface area (Å²) >= 11 is 0. The second kappa shape index (κ2) is 35.9. The van der Waals surface area contributed by atoms with Crippen molar-refractivity contribution in [2.45, 2.75) is 158 Å². The summed E-state index contributed by atoms with van der Waals surface area (Å²) in [5.74, 6) is 1.87. The molecule has 0 atom stereocenters. The molecule has 0 bridgehead atoms. The number of hydrogen-bond donors (Lipinski definition) is 2. The van der Waals surface area contributed by atoms with Crippen LogP contribution in [-0.2, 0) is 19.5 Å². The highest BCUT2D eigenvalue weighted by atomic mass is 16.5. The van der Waals surface area contributed by atoms with Crippen LogP contribution in [0.15, 0.2) is 72.8 Å². The third kappa shape index (κ3) is 25.8. The number of carbonyl (C=O) groups is 1. The van der Waals surface area contributed by atoms with Crippen molar-refractivity contribution in [2.75, 3.05) is 70.9 Å². The molecule has 0 aliphatic heterocycles. The van der Waals surface area contributed by atoms with Gasteiger partial charge in [-0.2, -0.15) is 0 Å². The van der Waals surface area contributed by atoms with Gasteiger partial charge in [-0.25, -0.2) is 4.79 Å². The number of ether oxygens (including phenoxy) is 2. The Bertz CT molecular complexity index is 1430. The van der Waals surface area contributed by atoms with Crippen molar-refractivity contribution < 1.29 is 14.3 Å². The first kappa shape index (κ1) is 53.5. The van der Waals surface area contributed by atoms with E-state index in [0.717, 1.165) is 101 Å². The van der Waals surface area contributed by atoms with Crippen molar-refractivity contribution >= 4 is 11.7 Å². The fourth-order valence-electron chi connectivity index (χ4n) is 6.80. The zero-order chi connectivity index (χ0) is 44.2. The first-order chi connectivity index (χ1) is 29.9. The second-order valence-corrected chi connectivity index (χ2v) is 16.6. The first-order valence-corrected chi connectivity index (χ1v) is 24.6. The molecule has 2 N–H and O–H groups in total. The fourth-order valence-corrected chi connectivity index (χ4v) is 6.80. The predicted molar refractivity (Wildman–Crippen MR) is 262 cm³/mol. The largest absolute Gasteiger partial charge is 0.494 e. The number of nitrogens with one attached hydrogen (secondary N) is 2. The van der Waals surface area contributed by atoms with E-state index in [4.69, 9.17) is 9.47 Å². The lowest BCUT2D eigenvalue weighted by molar-refractivity contribution is 0.188. The van der Waals surface area contributed by atoms with E-state index in [9.17, 15) is 4.79 Å². The summed E-state index contributed by atoms with van der Waals surface area (Å²) in [7, 11) is 0. The minimum absolute atomic E-state index is 0.0458. The average Bonchev–Trinajstić information content (AvgIpc) is 3.28. The number of amides is 2. The molecule has 0 aromatic heterocycles. The van der Waals surface area contributed by atoms with Gasteiger partial charge < -0.3 is 34.8 Å². The van der Waals surface area contributed by atoms with Crippen molar-refractivity contribution in [3.63, 3.8) is 0 Å². The highest BCUT2D eigenvalue weighted by molar-refractivity contribution is 5.89. The molecule has 0 radical (unpaired) electrons. The van der Waals surface area contributed by atoms with E-state index in [0.29, 0.717) is 13.1 Å². The molecule has 0 saturated heterocycles. The highest BCUT2D eigenvalue weighted by Gasteiger charge is 2.17. The molecule has 3 aromatic rings. The molecular weight excluding hydrogens is 755 g/mol. The van der Waals surface area contributed by atoms with Gasteiger partial charge in [-0.1, -0.05) is 130 Å². The summed E-state index contributed by atoms with van der Waals surface area (Å²) < 4.78 is 11.5. The van der Waals surface area contributed by atoms with E-state index in [1.54, 1.807) is 0 Å². The van der Waals surface area contributed by atoms with E-state index in [2.05, 4.69) is 117 Å². The van der Waals surface area contributed by atoms with Crippen LogP contribution < -0.4 is 20.1 Å². The average molecular weight is 844 g/mol. The lowest BCUT2D eigenvalue weighted by Crippen LogP contribution is -2.41. The van der Waals surface area contributed by atoms with Gasteiger partial charge in [0.05, 0.1) is 13.2 Å². The topological polar surface area (TPSA) is 69.3 Å². The molecule has 0 heterocycles. The lowest BCUT2D eigenvalue weighted by atomic mass is 10.1. The number of carbonyl (C=O) groups excluding carboxylic acids is 1. The summed E-state index contributed by atoms with van der Waals surface area (Å²) in [5, 5.41) is 6.72. The number of urea groups is 1. The minimum Gasteiger partial charge on any atom is -0.494 e. The molecule has 0 aliphatic carbocycles. The van der Waals surface area contributed by atoms with E-state index in [-0.39, 0.29) is 6.03 Å². The van der Waals surface area contributed by atoms with E-state index >= 15 is 0 Å². The lowest BCUT2D eigenvalue weighted by Gasteiger charge is -2.28. The molecule has 0 saturated carbocycles. The van der Waals surface area contributed by atoms with Crippen LogP contribution >= 0.6 is 0 Å². The molecular formula is C53H89N5O3. The molecule has 0 unspecified atom stereocenters. The Balaban J connectivity index is 0.000000461. The Morgan fingerprint density at radius 1 is 0.475 bits per heavy atom.